The number of hydrogen-bond acceptors (Lipinski definition) is 2. The van der Waals surface area contributed by atoms with Crippen molar-refractivity contribution in [3.8, 4) is 0 Å². The van der Waals surface area contributed by atoms with Gasteiger partial charge in [-0.2, -0.15) is 0 Å². The Bertz CT molecular complexity index is 1020. The Labute approximate surface area is 137 Å². The van der Waals surface area contributed by atoms with Crippen molar-refractivity contribution in [2.75, 3.05) is 5.32 Å². The van der Waals surface area contributed by atoms with Crippen molar-refractivity contribution in [3.63, 3.8) is 0 Å². The molecule has 0 fully saturated rings. The van der Waals surface area contributed by atoms with Crippen LogP contribution in [0.25, 0.3) is 21.9 Å². The van der Waals surface area contributed by atoms with Crippen LogP contribution in [-0.2, 0) is 0 Å². The molecule has 4 heteroatoms. The lowest BCUT2D eigenvalue weighted by Crippen LogP contribution is -2.11. The fourth-order valence-corrected chi connectivity index (χ4v) is 2.73. The van der Waals surface area contributed by atoms with Gasteiger partial charge in [-0.15, -0.1) is 0 Å². The molecule has 0 saturated heterocycles. The third-order valence-corrected chi connectivity index (χ3v) is 4.00. The average molecular weight is 322 g/mol. The predicted molar refractivity (Wildman–Crippen MR) is 93.1 cm³/mol. The number of hydrogen-bond donors (Lipinski definition) is 1. The number of amides is 1. The summed E-state index contributed by atoms with van der Waals surface area (Å²) in [5.41, 5.74) is 2.83. The first-order valence-corrected chi connectivity index (χ1v) is 7.57. The van der Waals surface area contributed by atoms with Crippen molar-refractivity contribution in [3.05, 3.63) is 77.3 Å². The first-order valence-electron chi connectivity index (χ1n) is 7.19. The van der Waals surface area contributed by atoms with Gasteiger partial charge in [0.25, 0.3) is 5.91 Å². The molecule has 1 heterocycles. The quantitative estimate of drug-likeness (QED) is 0.530. The Morgan fingerprint density at radius 2 is 1.61 bits per heavy atom. The minimum Gasteiger partial charge on any atom is -0.456 e. The molecule has 3 nitrogen and oxygen atoms in total. The average Bonchev–Trinajstić information content (AvgIpc) is 2.93. The summed E-state index contributed by atoms with van der Waals surface area (Å²) in [4.78, 5) is 12.2. The van der Waals surface area contributed by atoms with E-state index in [4.69, 9.17) is 16.0 Å². The first-order chi connectivity index (χ1) is 11.2. The molecule has 4 aromatic rings. The van der Waals surface area contributed by atoms with E-state index in [1.807, 2.05) is 42.5 Å². The van der Waals surface area contributed by atoms with Crippen LogP contribution in [0, 0.1) is 0 Å². The van der Waals surface area contributed by atoms with E-state index < -0.39 is 0 Å². The van der Waals surface area contributed by atoms with Crippen LogP contribution in [-0.4, -0.2) is 5.91 Å². The zero-order valence-electron chi connectivity index (χ0n) is 12.0. The van der Waals surface area contributed by atoms with Crippen LogP contribution in [0.1, 0.15) is 10.4 Å². The van der Waals surface area contributed by atoms with Gasteiger partial charge in [0.15, 0.2) is 0 Å². The predicted octanol–water partition coefficient (Wildman–Crippen LogP) is 5.49. The molecule has 0 atom stereocenters. The van der Waals surface area contributed by atoms with E-state index in [-0.39, 0.29) is 5.91 Å². The molecule has 0 aliphatic rings. The summed E-state index contributed by atoms with van der Waals surface area (Å²) >= 11 is 5.84. The van der Waals surface area contributed by atoms with Gasteiger partial charge in [-0.05, 0) is 42.5 Å². The molecule has 0 bridgehead atoms. The molecule has 1 N–H and O–H groups in total. The van der Waals surface area contributed by atoms with E-state index in [9.17, 15) is 4.79 Å². The number of rotatable bonds is 2. The number of halogens is 1. The van der Waals surface area contributed by atoms with Gasteiger partial charge in [0.1, 0.15) is 11.2 Å². The van der Waals surface area contributed by atoms with Crippen molar-refractivity contribution in [2.45, 2.75) is 0 Å². The maximum absolute atomic E-state index is 12.2. The topological polar surface area (TPSA) is 42.2 Å². The number of benzene rings is 3. The summed E-state index contributed by atoms with van der Waals surface area (Å²) in [5, 5.41) is 5.57. The highest BCUT2D eigenvalue weighted by Crippen LogP contribution is 2.30. The van der Waals surface area contributed by atoms with E-state index >= 15 is 0 Å². The van der Waals surface area contributed by atoms with Gasteiger partial charge in [0, 0.05) is 33.1 Å². The molecule has 0 radical (unpaired) electrons. The van der Waals surface area contributed by atoms with Gasteiger partial charge in [-0.3, -0.25) is 4.79 Å². The van der Waals surface area contributed by atoms with Crippen molar-refractivity contribution < 1.29 is 9.21 Å². The maximum Gasteiger partial charge on any atom is 0.255 e. The highest BCUT2D eigenvalue weighted by molar-refractivity contribution is 6.30. The second-order valence-electron chi connectivity index (χ2n) is 5.27. The molecule has 0 saturated carbocycles. The van der Waals surface area contributed by atoms with Crippen molar-refractivity contribution in [1.82, 2.24) is 0 Å². The largest absolute Gasteiger partial charge is 0.456 e. The minimum absolute atomic E-state index is 0.183. The zero-order valence-corrected chi connectivity index (χ0v) is 12.8. The van der Waals surface area contributed by atoms with Crippen LogP contribution < -0.4 is 5.32 Å². The second kappa shape index (κ2) is 5.45. The number of anilines is 1. The molecule has 3 aromatic carbocycles. The van der Waals surface area contributed by atoms with E-state index in [1.165, 1.54) is 0 Å². The van der Waals surface area contributed by atoms with Gasteiger partial charge in [0.2, 0.25) is 0 Å². The molecule has 0 aliphatic heterocycles. The number of fused-ring (bicyclic) bond motifs is 3. The lowest BCUT2D eigenvalue weighted by molar-refractivity contribution is 0.102. The minimum atomic E-state index is -0.183. The maximum atomic E-state index is 12.2. The Balaban J connectivity index is 1.67. The third kappa shape index (κ3) is 2.56. The second-order valence-corrected chi connectivity index (χ2v) is 5.71. The molecular weight excluding hydrogens is 310 g/mol. The molecular formula is C19H12ClNO2. The van der Waals surface area contributed by atoms with E-state index in [1.54, 1.807) is 24.3 Å². The van der Waals surface area contributed by atoms with Gasteiger partial charge < -0.3 is 9.73 Å². The highest BCUT2D eigenvalue weighted by atomic mass is 35.5. The molecule has 112 valence electrons. The van der Waals surface area contributed by atoms with Gasteiger partial charge in [0.05, 0.1) is 0 Å². The van der Waals surface area contributed by atoms with Crippen LogP contribution in [0.4, 0.5) is 5.69 Å². The fraction of sp³-hybridized carbons (Fsp3) is 0. The Morgan fingerprint density at radius 3 is 2.43 bits per heavy atom. The third-order valence-electron chi connectivity index (χ3n) is 3.74. The van der Waals surface area contributed by atoms with Gasteiger partial charge in [-0.25, -0.2) is 0 Å². The standard InChI is InChI=1S/C19H12ClNO2/c20-13-7-5-12(6-8-13)19(22)21-14-9-10-16-15-3-1-2-4-17(15)23-18(16)11-14/h1-11H,(H,21,22). The summed E-state index contributed by atoms with van der Waals surface area (Å²) in [6, 6.07) is 20.3. The van der Waals surface area contributed by atoms with Crippen molar-refractivity contribution in [1.29, 1.82) is 0 Å². The van der Waals surface area contributed by atoms with E-state index in [0.29, 0.717) is 16.3 Å². The highest BCUT2D eigenvalue weighted by Gasteiger charge is 2.09. The smallest absolute Gasteiger partial charge is 0.255 e. The van der Waals surface area contributed by atoms with Gasteiger partial charge in [-0.1, -0.05) is 29.8 Å². The zero-order chi connectivity index (χ0) is 15.8. The summed E-state index contributed by atoms with van der Waals surface area (Å²) < 4.78 is 5.83. The lowest BCUT2D eigenvalue weighted by Gasteiger charge is -2.05. The fourth-order valence-electron chi connectivity index (χ4n) is 2.61. The number of nitrogens with one attached hydrogen (secondary N) is 1. The van der Waals surface area contributed by atoms with Crippen LogP contribution in [0.3, 0.4) is 0 Å². The van der Waals surface area contributed by atoms with E-state index in [2.05, 4.69) is 5.32 Å². The normalized spacial score (nSPS) is 11.0. The van der Waals surface area contributed by atoms with Crippen LogP contribution >= 0.6 is 11.6 Å². The Hall–Kier alpha value is -2.78. The molecule has 0 aliphatic carbocycles. The number of carbonyl (C=O) groups excluding carboxylic acids is 1. The Kier molecular flexibility index (Phi) is 3.28. The number of furan rings is 1. The van der Waals surface area contributed by atoms with Crippen LogP contribution in [0.2, 0.25) is 5.02 Å². The summed E-state index contributed by atoms with van der Waals surface area (Å²) in [6.07, 6.45) is 0. The van der Waals surface area contributed by atoms with Crippen molar-refractivity contribution in [2.24, 2.45) is 0 Å². The molecule has 4 rings (SSSR count). The molecule has 0 unspecified atom stereocenters. The monoisotopic (exact) mass is 321 g/mol. The van der Waals surface area contributed by atoms with Crippen molar-refractivity contribution >= 4 is 45.1 Å². The molecule has 0 spiro atoms. The lowest BCUT2D eigenvalue weighted by atomic mass is 10.1. The SMILES string of the molecule is O=C(Nc1ccc2c(c1)oc1ccccc12)c1ccc(Cl)cc1. The van der Waals surface area contributed by atoms with Gasteiger partial charge >= 0.3 is 0 Å². The molecule has 23 heavy (non-hydrogen) atoms. The van der Waals surface area contributed by atoms with Crippen LogP contribution in [0.15, 0.2) is 71.1 Å². The number of para-hydroxylation sites is 1. The molecule has 1 amide bonds. The van der Waals surface area contributed by atoms with E-state index in [0.717, 1.165) is 21.9 Å². The summed E-state index contributed by atoms with van der Waals surface area (Å²) in [7, 11) is 0. The summed E-state index contributed by atoms with van der Waals surface area (Å²) in [6.45, 7) is 0. The number of carbonyl (C=O) groups is 1. The Morgan fingerprint density at radius 1 is 0.870 bits per heavy atom. The first kappa shape index (κ1) is 13.9. The summed E-state index contributed by atoms with van der Waals surface area (Å²) in [5.74, 6) is -0.183. The molecule has 1 aromatic heterocycles. The van der Waals surface area contributed by atoms with Crippen LogP contribution in [0.5, 0.6) is 0 Å².